The van der Waals surface area contributed by atoms with Gasteiger partial charge in [-0.25, -0.2) is 0 Å². The van der Waals surface area contributed by atoms with Gasteiger partial charge in [-0.05, 0) is 12.1 Å². The van der Waals surface area contributed by atoms with E-state index in [9.17, 15) is 9.59 Å². The molecule has 2 rings (SSSR count). The van der Waals surface area contributed by atoms with Gasteiger partial charge in [0.2, 0.25) is 11.8 Å². The lowest BCUT2D eigenvalue weighted by molar-refractivity contribution is -0.133. The molecular weight excluding hydrogens is 338 g/mol. The molecule has 1 aromatic rings. The smallest absolute Gasteiger partial charge is 0.244 e. The normalized spacial score (nSPS) is 14.6. The highest BCUT2D eigenvalue weighted by Crippen LogP contribution is 2.28. The summed E-state index contributed by atoms with van der Waals surface area (Å²) in [5.41, 5.74) is 0.537. The number of morpholine rings is 1. The lowest BCUT2D eigenvalue weighted by Crippen LogP contribution is -2.44. The highest BCUT2D eigenvalue weighted by atomic mass is 16.5. The van der Waals surface area contributed by atoms with Gasteiger partial charge in [-0.2, -0.15) is 0 Å². The first kappa shape index (κ1) is 20.0. The van der Waals surface area contributed by atoms with Crippen LogP contribution in [0.4, 0.5) is 5.69 Å². The maximum atomic E-state index is 12.4. The van der Waals surface area contributed by atoms with E-state index in [0.29, 0.717) is 36.9 Å². The molecule has 0 aliphatic carbocycles. The molecule has 1 aliphatic heterocycles. The van der Waals surface area contributed by atoms with Crippen LogP contribution in [0.25, 0.3) is 0 Å². The van der Waals surface area contributed by atoms with E-state index in [1.165, 1.54) is 14.0 Å². The molecule has 1 fully saturated rings. The molecule has 1 N–H and O–H groups in total. The van der Waals surface area contributed by atoms with Crippen LogP contribution in [-0.4, -0.2) is 81.8 Å². The van der Waals surface area contributed by atoms with Crippen LogP contribution in [0.15, 0.2) is 18.2 Å². The second kappa shape index (κ2) is 9.98. The maximum Gasteiger partial charge on any atom is 0.244 e. The van der Waals surface area contributed by atoms with Crippen molar-refractivity contribution in [3.05, 3.63) is 18.2 Å². The average molecular weight is 365 g/mol. The van der Waals surface area contributed by atoms with Crippen LogP contribution in [0, 0.1) is 0 Å². The van der Waals surface area contributed by atoms with Gasteiger partial charge in [-0.1, -0.05) is 0 Å². The van der Waals surface area contributed by atoms with E-state index in [-0.39, 0.29) is 18.4 Å². The van der Waals surface area contributed by atoms with E-state index in [0.717, 1.165) is 19.6 Å². The number of nitrogens with one attached hydrogen (secondary N) is 1. The van der Waals surface area contributed by atoms with Crippen molar-refractivity contribution in [1.29, 1.82) is 0 Å². The van der Waals surface area contributed by atoms with Crippen molar-refractivity contribution >= 4 is 17.5 Å². The minimum atomic E-state index is -0.273. The molecule has 0 unspecified atom stereocenters. The fraction of sp³-hybridized carbons (Fsp3) is 0.556. The minimum Gasteiger partial charge on any atom is -0.497 e. The first-order chi connectivity index (χ1) is 12.5. The lowest BCUT2D eigenvalue weighted by Gasteiger charge is -2.29. The number of carbonyl (C=O) groups excluding carboxylic acids is 2. The summed E-state index contributed by atoms with van der Waals surface area (Å²) in [6, 6.07) is 5.14. The number of methoxy groups -OCH3 is 2. The Morgan fingerprint density at radius 1 is 1.23 bits per heavy atom. The van der Waals surface area contributed by atoms with Crippen LogP contribution >= 0.6 is 0 Å². The summed E-state index contributed by atoms with van der Waals surface area (Å²) in [5.74, 6) is 0.733. The van der Waals surface area contributed by atoms with Crippen molar-refractivity contribution in [2.45, 2.75) is 6.92 Å². The van der Waals surface area contributed by atoms with Crippen LogP contribution in [0.2, 0.25) is 0 Å². The van der Waals surface area contributed by atoms with Gasteiger partial charge in [-0.15, -0.1) is 0 Å². The van der Waals surface area contributed by atoms with Gasteiger partial charge in [0.15, 0.2) is 0 Å². The lowest BCUT2D eigenvalue weighted by atomic mass is 10.2. The number of hydrogen-bond acceptors (Lipinski definition) is 6. The molecule has 0 aromatic heterocycles. The fourth-order valence-electron chi connectivity index (χ4n) is 2.70. The average Bonchev–Trinajstić information content (AvgIpc) is 2.66. The van der Waals surface area contributed by atoms with Crippen LogP contribution in [0.5, 0.6) is 11.5 Å². The molecule has 144 valence electrons. The largest absolute Gasteiger partial charge is 0.497 e. The Morgan fingerprint density at radius 2 is 1.96 bits per heavy atom. The van der Waals surface area contributed by atoms with Crippen LogP contribution in [0.3, 0.4) is 0 Å². The Hall–Kier alpha value is -2.32. The van der Waals surface area contributed by atoms with Crippen molar-refractivity contribution in [2.24, 2.45) is 0 Å². The van der Waals surface area contributed by atoms with E-state index in [4.69, 9.17) is 14.2 Å². The number of anilines is 1. The third-order valence-electron chi connectivity index (χ3n) is 4.25. The molecule has 1 aliphatic rings. The zero-order chi connectivity index (χ0) is 18.9. The van der Waals surface area contributed by atoms with Gasteiger partial charge in [0.25, 0.3) is 0 Å². The monoisotopic (exact) mass is 365 g/mol. The summed E-state index contributed by atoms with van der Waals surface area (Å²) in [5, 5.41) is 2.79. The molecule has 0 bridgehead atoms. The Morgan fingerprint density at radius 3 is 2.58 bits per heavy atom. The number of rotatable bonds is 8. The second-order valence-corrected chi connectivity index (χ2v) is 6.01. The molecule has 0 atom stereocenters. The van der Waals surface area contributed by atoms with Gasteiger partial charge >= 0.3 is 0 Å². The molecule has 26 heavy (non-hydrogen) atoms. The molecular formula is C18H27N3O5. The van der Waals surface area contributed by atoms with Gasteiger partial charge in [0, 0.05) is 39.2 Å². The number of benzene rings is 1. The van der Waals surface area contributed by atoms with Crippen molar-refractivity contribution in [2.75, 3.05) is 65.5 Å². The SMILES string of the molecule is COc1ccc(NC(=O)CN(CCN2CCOCC2)C(C)=O)c(OC)c1. The Balaban J connectivity index is 1.91. The Labute approximate surface area is 154 Å². The zero-order valence-corrected chi connectivity index (χ0v) is 15.6. The second-order valence-electron chi connectivity index (χ2n) is 6.01. The molecule has 8 heteroatoms. The zero-order valence-electron chi connectivity index (χ0n) is 15.6. The fourth-order valence-corrected chi connectivity index (χ4v) is 2.70. The molecule has 1 saturated heterocycles. The maximum absolute atomic E-state index is 12.4. The van der Waals surface area contributed by atoms with Crippen molar-refractivity contribution in [3.8, 4) is 11.5 Å². The van der Waals surface area contributed by atoms with Crippen LogP contribution < -0.4 is 14.8 Å². The van der Waals surface area contributed by atoms with E-state index >= 15 is 0 Å². The van der Waals surface area contributed by atoms with E-state index in [1.807, 2.05) is 0 Å². The Kier molecular flexibility index (Phi) is 7.68. The standard InChI is InChI=1S/C18H27N3O5/c1-14(22)21(7-6-20-8-10-26-11-9-20)13-18(23)19-16-5-4-15(24-2)12-17(16)25-3/h4-5,12H,6-11,13H2,1-3H3,(H,19,23). The number of amides is 2. The molecule has 8 nitrogen and oxygen atoms in total. The van der Waals surface area contributed by atoms with Crippen LogP contribution in [0.1, 0.15) is 6.92 Å². The number of carbonyl (C=O) groups is 2. The summed E-state index contributed by atoms with van der Waals surface area (Å²) in [6.45, 7) is 5.80. The molecule has 0 spiro atoms. The summed E-state index contributed by atoms with van der Waals surface area (Å²) >= 11 is 0. The van der Waals surface area contributed by atoms with Crippen molar-refractivity contribution in [1.82, 2.24) is 9.80 Å². The molecule has 0 saturated carbocycles. The molecule has 1 heterocycles. The first-order valence-corrected chi connectivity index (χ1v) is 8.61. The van der Waals surface area contributed by atoms with E-state index in [2.05, 4.69) is 10.2 Å². The number of ether oxygens (including phenoxy) is 3. The summed E-state index contributed by atoms with van der Waals surface area (Å²) < 4.78 is 15.7. The first-order valence-electron chi connectivity index (χ1n) is 8.61. The summed E-state index contributed by atoms with van der Waals surface area (Å²) in [4.78, 5) is 28.0. The van der Waals surface area contributed by atoms with Crippen molar-refractivity contribution in [3.63, 3.8) is 0 Å². The van der Waals surface area contributed by atoms with Crippen LogP contribution in [-0.2, 0) is 14.3 Å². The van der Waals surface area contributed by atoms with Gasteiger partial charge in [0.05, 0.1) is 39.7 Å². The highest BCUT2D eigenvalue weighted by Gasteiger charge is 2.17. The third kappa shape index (κ3) is 5.89. The summed E-state index contributed by atoms with van der Waals surface area (Å²) in [6.07, 6.45) is 0. The predicted octanol–water partition coefficient (Wildman–Crippen LogP) is 0.823. The van der Waals surface area contributed by atoms with E-state index < -0.39 is 0 Å². The van der Waals surface area contributed by atoms with Gasteiger partial charge in [-0.3, -0.25) is 14.5 Å². The van der Waals surface area contributed by atoms with Gasteiger partial charge < -0.3 is 24.4 Å². The predicted molar refractivity (Wildman–Crippen MR) is 97.7 cm³/mol. The number of hydrogen-bond donors (Lipinski definition) is 1. The van der Waals surface area contributed by atoms with E-state index in [1.54, 1.807) is 30.2 Å². The van der Waals surface area contributed by atoms with Gasteiger partial charge in [0.1, 0.15) is 11.5 Å². The van der Waals surface area contributed by atoms with Crippen molar-refractivity contribution < 1.29 is 23.8 Å². The Bertz CT molecular complexity index is 617. The quantitative estimate of drug-likeness (QED) is 0.735. The molecule has 2 amide bonds. The third-order valence-corrected chi connectivity index (χ3v) is 4.25. The summed E-state index contributed by atoms with van der Waals surface area (Å²) in [7, 11) is 3.08. The highest BCUT2D eigenvalue weighted by molar-refractivity contribution is 5.95. The minimum absolute atomic E-state index is 0.00510. The number of nitrogens with zero attached hydrogens (tertiary/aromatic N) is 2. The molecule has 1 aromatic carbocycles. The topological polar surface area (TPSA) is 80.3 Å². The molecule has 0 radical (unpaired) electrons.